The van der Waals surface area contributed by atoms with Gasteiger partial charge in [0.2, 0.25) is 0 Å². The maximum absolute atomic E-state index is 14.1. The van der Waals surface area contributed by atoms with Crippen molar-refractivity contribution < 1.29 is 37.9 Å². The Kier molecular flexibility index (Phi) is 12.4. The van der Waals surface area contributed by atoms with E-state index in [-0.39, 0.29) is 29.8 Å². The predicted molar refractivity (Wildman–Crippen MR) is 161 cm³/mol. The van der Waals surface area contributed by atoms with Crippen LogP contribution >= 0.6 is 0 Å². The van der Waals surface area contributed by atoms with Crippen molar-refractivity contribution in [1.29, 1.82) is 0 Å². The topological polar surface area (TPSA) is 57.2 Å². The summed E-state index contributed by atoms with van der Waals surface area (Å²) < 4.78 is 18.0. The van der Waals surface area contributed by atoms with E-state index in [0.29, 0.717) is 25.0 Å². The molecule has 0 aromatic heterocycles. The van der Waals surface area contributed by atoms with Gasteiger partial charge in [0.25, 0.3) is 0 Å². The third-order valence-electron chi connectivity index (χ3n) is 8.34. The average Bonchev–Trinajstić information content (AvgIpc) is 2.88. The molecule has 1 aliphatic rings. The molecule has 0 atom stereocenters. The molecule has 6 nitrogen and oxygen atoms in total. The molecule has 2 aromatic rings. The molecular weight excluding hydrogens is 511 g/mol. The minimum Gasteiger partial charge on any atom is -0.860 e. The molecule has 0 radical (unpaired) electrons. The summed E-state index contributed by atoms with van der Waals surface area (Å²) in [5, 5.41) is 15.5. The Morgan fingerprint density at radius 2 is 1.65 bits per heavy atom. The number of benzene rings is 2. The van der Waals surface area contributed by atoms with Gasteiger partial charge in [-0.25, -0.2) is 0 Å². The molecule has 40 heavy (non-hydrogen) atoms. The summed E-state index contributed by atoms with van der Waals surface area (Å²) in [4.78, 5) is 4.30. The number of nitrogens with zero attached hydrogens (tertiary/aromatic N) is 2. The molecule has 3 rings (SSSR count). The van der Waals surface area contributed by atoms with Gasteiger partial charge in [-0.3, -0.25) is 4.90 Å². The molecule has 2 aromatic carbocycles. The van der Waals surface area contributed by atoms with Crippen LogP contribution in [0.4, 0.5) is 0 Å². The summed E-state index contributed by atoms with van der Waals surface area (Å²) >= 11 is 0. The van der Waals surface area contributed by atoms with Gasteiger partial charge in [-0.05, 0) is 72.9 Å². The first-order chi connectivity index (χ1) is 18.2. The van der Waals surface area contributed by atoms with Crippen molar-refractivity contribution in [3.63, 3.8) is 0 Å². The number of ether oxygens (including phenoxy) is 2. The number of hydrogen-bond acceptors (Lipinski definition) is 6. The van der Waals surface area contributed by atoms with Crippen molar-refractivity contribution in [3.8, 4) is 5.75 Å². The van der Waals surface area contributed by atoms with Crippen LogP contribution in [0.3, 0.4) is 0 Å². The summed E-state index contributed by atoms with van der Waals surface area (Å²) in [7, 11) is -1.95. The van der Waals surface area contributed by atoms with Crippen LogP contribution < -0.4 is 39.1 Å². The van der Waals surface area contributed by atoms with E-state index in [1.807, 2.05) is 42.2 Å². The van der Waals surface area contributed by atoms with Crippen molar-refractivity contribution in [2.45, 2.75) is 65.2 Å². The van der Waals surface area contributed by atoms with Gasteiger partial charge in [0, 0.05) is 26.2 Å². The molecule has 0 aliphatic carbocycles. The fraction of sp³-hybridized carbons (Fsp3) is 0.562. The van der Waals surface area contributed by atoms with Gasteiger partial charge in [0.1, 0.15) is 12.4 Å². The second-order valence-corrected chi connectivity index (χ2v) is 17.4. The summed E-state index contributed by atoms with van der Waals surface area (Å²) in [6.07, 6.45) is 0. The second-order valence-electron chi connectivity index (χ2n) is 12.6. The minimum atomic E-state index is -1.95. The zero-order valence-corrected chi connectivity index (χ0v) is 27.4. The Bertz CT molecular complexity index is 1190. The molecule has 0 spiro atoms. The molecule has 0 amide bonds. The first-order valence-electron chi connectivity index (χ1n) is 14.1. The zero-order valence-electron chi connectivity index (χ0n) is 26.4. The smallest absolute Gasteiger partial charge is 0.860 e. The van der Waals surface area contributed by atoms with Gasteiger partial charge >= 0.3 is 18.9 Å². The van der Waals surface area contributed by atoms with Crippen LogP contribution in [0.2, 0.25) is 18.1 Å². The van der Waals surface area contributed by atoms with E-state index >= 15 is 0 Å². The van der Waals surface area contributed by atoms with Crippen molar-refractivity contribution in [2.75, 3.05) is 52.6 Å². The van der Waals surface area contributed by atoms with E-state index in [2.05, 4.69) is 71.3 Å². The van der Waals surface area contributed by atoms with Crippen molar-refractivity contribution in [3.05, 3.63) is 64.0 Å². The quantitative estimate of drug-likeness (QED) is 0.379. The molecule has 1 aliphatic heterocycles. The molecule has 1 fully saturated rings. The largest absolute Gasteiger partial charge is 1.00 e. The molecule has 0 saturated carbocycles. The number of morpholine rings is 1. The van der Waals surface area contributed by atoms with Gasteiger partial charge in [-0.15, -0.1) is 0 Å². The minimum absolute atomic E-state index is 0. The van der Waals surface area contributed by atoms with E-state index < -0.39 is 13.9 Å². The second kappa shape index (κ2) is 14.4. The monoisotopic (exact) mass is 560 g/mol. The molecule has 8 heteroatoms. The molecule has 0 bridgehead atoms. The molecule has 1 heterocycles. The fourth-order valence-corrected chi connectivity index (χ4v) is 5.55. The summed E-state index contributed by atoms with van der Waals surface area (Å²) in [6, 6.07) is 14.0. The molecule has 216 valence electrons. The molecule has 0 unspecified atom stereocenters. The molecule has 0 N–H and O–H groups in total. The predicted octanol–water partition coefficient (Wildman–Crippen LogP) is 0.805. The van der Waals surface area contributed by atoms with E-state index in [0.717, 1.165) is 54.9 Å². The van der Waals surface area contributed by atoms with Crippen molar-refractivity contribution in [2.24, 2.45) is 0 Å². The number of rotatable bonds is 11. The van der Waals surface area contributed by atoms with Crippen LogP contribution in [0, 0.1) is 6.92 Å². The van der Waals surface area contributed by atoms with Crippen LogP contribution in [-0.2, 0) is 14.7 Å². The first kappa shape index (κ1) is 34.5. The van der Waals surface area contributed by atoms with E-state index in [1.54, 1.807) is 0 Å². The average molecular weight is 561 g/mol. The Balaban J connectivity index is 0.00000560. The third-order valence-corrected chi connectivity index (χ3v) is 12.9. The van der Waals surface area contributed by atoms with Crippen LogP contribution in [0.1, 0.15) is 45.7 Å². The van der Waals surface area contributed by atoms with Crippen LogP contribution in [0.5, 0.6) is 5.75 Å². The molecule has 1 saturated heterocycles. The SMILES string of the molecule is C=c1ccc(C)c/c1=C(/[O-])N(CCO[Si](C)(C)C(C)(C)C)C(C)(C)c1ccc(OCCN2CCOCC2)cc1.[Li+]. The zero-order chi connectivity index (χ0) is 28.8. The normalized spacial score (nSPS) is 15.8. The van der Waals surface area contributed by atoms with E-state index in [4.69, 9.17) is 13.9 Å². The third kappa shape index (κ3) is 8.88. The number of hydrogen-bond donors (Lipinski definition) is 0. The Morgan fingerprint density at radius 3 is 2.25 bits per heavy atom. The van der Waals surface area contributed by atoms with E-state index in [1.165, 1.54) is 0 Å². The van der Waals surface area contributed by atoms with Crippen molar-refractivity contribution in [1.82, 2.24) is 9.80 Å². The molecular formula is C32H49LiN2O4Si. The van der Waals surface area contributed by atoms with Crippen molar-refractivity contribution >= 4 is 20.8 Å². The van der Waals surface area contributed by atoms with Gasteiger partial charge < -0.3 is 23.9 Å². The van der Waals surface area contributed by atoms with Crippen LogP contribution in [0.25, 0.3) is 12.5 Å². The summed E-state index contributed by atoms with van der Waals surface area (Å²) in [6.45, 7) is 27.5. The van der Waals surface area contributed by atoms with Gasteiger partial charge in [0.05, 0.1) is 25.4 Å². The number of aryl methyl sites for hydroxylation is 1. The maximum Gasteiger partial charge on any atom is 1.00 e. The summed E-state index contributed by atoms with van der Waals surface area (Å²) in [5.74, 6) is 0.805. The fourth-order valence-electron chi connectivity index (χ4n) is 4.51. The van der Waals surface area contributed by atoms with Gasteiger partial charge in [0.15, 0.2) is 8.32 Å². The summed E-state index contributed by atoms with van der Waals surface area (Å²) in [5.41, 5.74) is 1.51. The Labute approximate surface area is 255 Å². The standard InChI is InChI=1S/C32H50N2O4Si.Li/c1-25-10-11-26(2)29(24-25)30(35)34(19-23-38-39(8,9)31(3,4)5)32(6,7)27-12-14-28(15-13-27)37-22-18-33-16-20-36-21-17-33;/h10-15,24,35H,2,16-23H2,1,3-9H3;/q;+1/p-1/b30-29-;. The first-order valence-corrected chi connectivity index (χ1v) is 17.1. The Hall–Kier alpha value is -1.73. The maximum atomic E-state index is 14.1. The van der Waals surface area contributed by atoms with Gasteiger partial charge in [-0.1, -0.05) is 63.2 Å². The van der Waals surface area contributed by atoms with Crippen LogP contribution in [-0.4, -0.2) is 70.7 Å². The van der Waals surface area contributed by atoms with Gasteiger partial charge in [-0.2, -0.15) is 0 Å². The van der Waals surface area contributed by atoms with E-state index in [9.17, 15) is 5.11 Å². The van der Waals surface area contributed by atoms with Crippen LogP contribution in [0.15, 0.2) is 42.5 Å². The Morgan fingerprint density at radius 1 is 1.02 bits per heavy atom.